The standard InChI is InChI=1S/C51H63ClN2O5Si/c1-7-9-16-30-53-34-51(56,48(55)57-6)39-24-28-47-45(32-39)54(35-50(36-58-47)29-17-18-37-31-40(52)25-27-44(37)50)33-38-23-26-43(38)46(8-2)59-60(49(3,4)5,41-19-12-10-13-20-41)42-21-14-11-15-22-42/h7-8,10-15,19-22,24-25,27-28,31-32,38,43,46,53,56H,1-2,9,16-18,23,26,29-30,33-36H2,3-6H3/t38-,43+,46-,50-,51+/m0/s1. The Hall–Kier alpha value is -4.18. The highest BCUT2D eigenvalue weighted by atomic mass is 35.5. The first-order valence-electron chi connectivity index (χ1n) is 21.7. The lowest BCUT2D eigenvalue weighted by atomic mass is 9.68. The van der Waals surface area contributed by atoms with Crippen molar-refractivity contribution in [1.29, 1.82) is 0 Å². The number of ether oxygens (including phenoxy) is 2. The summed E-state index contributed by atoms with van der Waals surface area (Å²) in [5, 5.41) is 18.5. The van der Waals surface area contributed by atoms with Crippen LogP contribution in [0.5, 0.6) is 5.75 Å². The molecule has 7 rings (SSSR count). The molecule has 5 atom stereocenters. The third kappa shape index (κ3) is 8.51. The zero-order chi connectivity index (χ0) is 42.5. The molecule has 0 saturated heterocycles. The number of benzene rings is 4. The number of carbonyl (C=O) groups is 1. The van der Waals surface area contributed by atoms with Gasteiger partial charge in [0.2, 0.25) is 0 Å². The van der Waals surface area contributed by atoms with Crippen molar-refractivity contribution in [2.24, 2.45) is 11.8 Å². The summed E-state index contributed by atoms with van der Waals surface area (Å²) in [6, 6.07) is 33.7. The van der Waals surface area contributed by atoms with Gasteiger partial charge in [0.15, 0.2) is 5.60 Å². The highest BCUT2D eigenvalue weighted by Gasteiger charge is 2.53. The van der Waals surface area contributed by atoms with Crippen molar-refractivity contribution in [3.8, 4) is 5.75 Å². The molecule has 7 nitrogen and oxygen atoms in total. The van der Waals surface area contributed by atoms with Crippen molar-refractivity contribution in [2.75, 3.05) is 44.8 Å². The van der Waals surface area contributed by atoms with Gasteiger partial charge in [-0.2, -0.15) is 0 Å². The fourth-order valence-electron chi connectivity index (χ4n) is 10.2. The van der Waals surface area contributed by atoms with Crippen molar-refractivity contribution in [2.45, 2.75) is 87.9 Å². The van der Waals surface area contributed by atoms with Gasteiger partial charge in [-0.05, 0) is 120 Å². The highest BCUT2D eigenvalue weighted by molar-refractivity contribution is 6.99. The number of carbonyl (C=O) groups excluding carboxylic acids is 1. The number of aryl methyl sites for hydroxylation is 1. The summed E-state index contributed by atoms with van der Waals surface area (Å²) in [4.78, 5) is 15.9. The number of methoxy groups -OCH3 is 1. The van der Waals surface area contributed by atoms with Crippen molar-refractivity contribution < 1.29 is 23.8 Å². The molecule has 0 unspecified atom stereocenters. The predicted octanol–water partition coefficient (Wildman–Crippen LogP) is 8.89. The molecule has 60 heavy (non-hydrogen) atoms. The Balaban J connectivity index is 1.27. The first-order valence-corrected chi connectivity index (χ1v) is 24.0. The molecule has 0 radical (unpaired) electrons. The molecule has 1 fully saturated rings. The minimum Gasteiger partial charge on any atom is -0.490 e. The number of halogens is 1. The average Bonchev–Trinajstić information content (AvgIpc) is 3.39. The Morgan fingerprint density at radius 1 is 1.03 bits per heavy atom. The molecule has 3 aliphatic rings. The second-order valence-corrected chi connectivity index (χ2v) is 22.9. The van der Waals surface area contributed by atoms with Crippen LogP contribution < -0.4 is 25.3 Å². The lowest BCUT2D eigenvalue weighted by Crippen LogP contribution is -2.68. The smallest absolute Gasteiger partial charge is 0.343 e. The largest absolute Gasteiger partial charge is 0.490 e. The summed E-state index contributed by atoms with van der Waals surface area (Å²) in [6.07, 6.45) is 10.5. The topological polar surface area (TPSA) is 80.3 Å². The minimum absolute atomic E-state index is 0.0137. The van der Waals surface area contributed by atoms with Crippen molar-refractivity contribution in [3.63, 3.8) is 0 Å². The number of anilines is 1. The Kier molecular flexibility index (Phi) is 13.5. The Labute approximate surface area is 363 Å². The van der Waals surface area contributed by atoms with E-state index in [4.69, 9.17) is 25.5 Å². The number of nitrogens with one attached hydrogen (secondary N) is 1. The molecule has 9 heteroatoms. The normalized spacial score (nSPS) is 21.6. The van der Waals surface area contributed by atoms with Gasteiger partial charge in [-0.25, -0.2) is 4.79 Å². The summed E-state index contributed by atoms with van der Waals surface area (Å²) in [5.41, 5.74) is 1.71. The third-order valence-corrected chi connectivity index (χ3v) is 18.8. The zero-order valence-corrected chi connectivity index (χ0v) is 37.7. The Morgan fingerprint density at radius 2 is 1.75 bits per heavy atom. The van der Waals surface area contributed by atoms with Crippen molar-refractivity contribution >= 4 is 41.9 Å². The van der Waals surface area contributed by atoms with E-state index in [1.807, 2.05) is 30.3 Å². The van der Waals surface area contributed by atoms with Crippen LogP contribution >= 0.6 is 11.6 Å². The predicted molar refractivity (Wildman–Crippen MR) is 247 cm³/mol. The number of fused-ring (bicyclic) bond motifs is 3. The molecule has 4 aromatic carbocycles. The van der Waals surface area contributed by atoms with E-state index in [-0.39, 0.29) is 34.9 Å². The summed E-state index contributed by atoms with van der Waals surface area (Å²) in [6.45, 7) is 17.8. The SMILES string of the molecule is C=CCCCNC[C@](O)(C(=O)OC)c1ccc2c(c1)N(C[C@@H]1CC[C@H]1[C@H](C=C)O[Si](c1ccccc1)(c1ccccc1)C(C)(C)C)C[C@@]1(CCCc3cc(Cl)ccc31)CO2. The van der Waals surface area contributed by atoms with Gasteiger partial charge in [-0.3, -0.25) is 0 Å². The molecule has 0 amide bonds. The van der Waals surface area contributed by atoms with Crippen molar-refractivity contribution in [1.82, 2.24) is 5.32 Å². The number of rotatable bonds is 16. The second kappa shape index (κ2) is 18.4. The van der Waals surface area contributed by atoms with E-state index in [2.05, 4.69) is 123 Å². The third-order valence-electron chi connectivity index (χ3n) is 13.5. The van der Waals surface area contributed by atoms with E-state index in [1.54, 1.807) is 0 Å². The van der Waals surface area contributed by atoms with Crippen LogP contribution in [0.25, 0.3) is 0 Å². The van der Waals surface area contributed by atoms with Gasteiger partial charge in [0.05, 0.1) is 25.5 Å². The molecular weight excluding hydrogens is 784 g/mol. The van der Waals surface area contributed by atoms with Crippen LogP contribution in [-0.4, -0.2) is 65.4 Å². The molecule has 2 aliphatic carbocycles. The van der Waals surface area contributed by atoms with Gasteiger partial charge in [0.1, 0.15) is 5.75 Å². The minimum atomic E-state index is -2.86. The maximum atomic E-state index is 13.4. The van der Waals surface area contributed by atoms with Gasteiger partial charge in [0, 0.05) is 30.1 Å². The van der Waals surface area contributed by atoms with Crippen LogP contribution in [0.4, 0.5) is 5.69 Å². The lowest BCUT2D eigenvalue weighted by Gasteiger charge is -2.50. The van der Waals surface area contributed by atoms with Crippen LogP contribution in [0.1, 0.15) is 76.0 Å². The van der Waals surface area contributed by atoms with Gasteiger partial charge in [0.25, 0.3) is 8.32 Å². The molecule has 1 aliphatic heterocycles. The number of esters is 1. The van der Waals surface area contributed by atoms with Crippen LogP contribution in [0.3, 0.4) is 0 Å². The Bertz CT molecular complexity index is 2090. The van der Waals surface area contributed by atoms with E-state index < -0.39 is 19.9 Å². The molecule has 1 heterocycles. The van der Waals surface area contributed by atoms with Crippen LogP contribution in [0.2, 0.25) is 10.1 Å². The monoisotopic (exact) mass is 846 g/mol. The Morgan fingerprint density at radius 3 is 2.37 bits per heavy atom. The van der Waals surface area contributed by atoms with E-state index >= 15 is 0 Å². The van der Waals surface area contributed by atoms with Gasteiger partial charge in [-0.1, -0.05) is 117 Å². The van der Waals surface area contributed by atoms with Crippen LogP contribution in [-0.2, 0) is 31.4 Å². The number of aliphatic hydroxyl groups is 1. The lowest BCUT2D eigenvalue weighted by molar-refractivity contribution is -0.163. The number of hydrogen-bond donors (Lipinski definition) is 2. The fourth-order valence-corrected chi connectivity index (χ4v) is 15.1. The van der Waals surface area contributed by atoms with E-state index in [1.165, 1.54) is 28.6 Å². The molecule has 0 aromatic heterocycles. The molecule has 0 bridgehead atoms. The molecule has 1 spiro atoms. The summed E-state index contributed by atoms with van der Waals surface area (Å²) in [7, 11) is -1.54. The summed E-state index contributed by atoms with van der Waals surface area (Å²) >= 11 is 6.57. The molecule has 318 valence electrons. The van der Waals surface area contributed by atoms with Gasteiger partial charge < -0.3 is 29.2 Å². The second-order valence-electron chi connectivity index (χ2n) is 18.2. The van der Waals surface area contributed by atoms with Crippen LogP contribution in [0.15, 0.2) is 122 Å². The molecule has 4 aromatic rings. The number of hydrogen-bond acceptors (Lipinski definition) is 7. The molecular formula is C51H63ClN2O5Si. The van der Waals surface area contributed by atoms with Gasteiger partial charge >= 0.3 is 5.97 Å². The maximum absolute atomic E-state index is 13.4. The number of unbranched alkanes of at least 4 members (excludes halogenated alkanes) is 1. The van der Waals surface area contributed by atoms with E-state index in [9.17, 15) is 9.90 Å². The average molecular weight is 848 g/mol. The number of allylic oxidation sites excluding steroid dienone is 1. The summed E-state index contributed by atoms with van der Waals surface area (Å²) in [5.74, 6) is 0.558. The van der Waals surface area contributed by atoms with Gasteiger partial charge in [-0.15, -0.1) is 13.2 Å². The van der Waals surface area contributed by atoms with E-state index in [0.29, 0.717) is 25.3 Å². The first-order chi connectivity index (χ1) is 28.9. The van der Waals surface area contributed by atoms with E-state index in [0.717, 1.165) is 68.0 Å². The van der Waals surface area contributed by atoms with Crippen LogP contribution in [0, 0.1) is 11.8 Å². The fraction of sp³-hybridized carbons (Fsp3) is 0.431. The zero-order valence-electron chi connectivity index (χ0n) is 35.9. The first kappa shape index (κ1) is 43.9. The maximum Gasteiger partial charge on any atom is 0.343 e. The molecule has 2 N–H and O–H groups in total. The van der Waals surface area contributed by atoms with Crippen molar-refractivity contribution in [3.05, 3.63) is 144 Å². The highest BCUT2D eigenvalue weighted by Crippen LogP contribution is 2.49. The summed E-state index contributed by atoms with van der Waals surface area (Å²) < 4.78 is 19.8. The molecule has 1 saturated carbocycles. The number of nitrogens with zero attached hydrogens (tertiary/aromatic N) is 1. The quantitative estimate of drug-likeness (QED) is 0.0505.